The second-order valence-corrected chi connectivity index (χ2v) is 19.3. The van der Waals surface area contributed by atoms with Crippen LogP contribution in [0.4, 0.5) is 11.4 Å². The van der Waals surface area contributed by atoms with Crippen LogP contribution in [0.3, 0.4) is 0 Å². The van der Waals surface area contributed by atoms with Crippen molar-refractivity contribution in [2.24, 2.45) is 10.2 Å². The highest BCUT2D eigenvalue weighted by atomic mass is 28.3. The van der Waals surface area contributed by atoms with Gasteiger partial charge in [0, 0.05) is 22.5 Å². The average molecular weight is 459 g/mol. The molecule has 0 aliphatic carbocycles. The van der Waals surface area contributed by atoms with Crippen LogP contribution < -0.4 is 9.35 Å². The molecule has 0 unspecified atom stereocenters. The van der Waals surface area contributed by atoms with E-state index in [1.807, 2.05) is 36.7 Å². The highest BCUT2D eigenvalue weighted by Crippen LogP contribution is 2.23. The second kappa shape index (κ2) is 10.1. The van der Waals surface area contributed by atoms with E-state index >= 15 is 0 Å². The summed E-state index contributed by atoms with van der Waals surface area (Å²) < 4.78 is 4.39. The number of rotatable bonds is 8. The van der Waals surface area contributed by atoms with Gasteiger partial charge in [-0.15, -0.1) is 0 Å². The van der Waals surface area contributed by atoms with Crippen molar-refractivity contribution in [3.05, 3.63) is 96.1 Å². The minimum Gasteiger partial charge on any atom is -0.295 e. The maximum atomic E-state index is 4.93. The Balaban J connectivity index is 1.93. The van der Waals surface area contributed by atoms with E-state index in [0.29, 0.717) is 0 Å². The van der Waals surface area contributed by atoms with Gasteiger partial charge in [-0.3, -0.25) is 9.35 Å². The molecule has 4 nitrogen and oxygen atoms in total. The van der Waals surface area contributed by atoms with Crippen LogP contribution in [0.2, 0.25) is 39.3 Å². The largest absolute Gasteiger partial charge is 0.295 e. The molecule has 0 aliphatic heterocycles. The van der Waals surface area contributed by atoms with Gasteiger partial charge in [0.15, 0.2) is 16.5 Å². The Hall–Kier alpha value is -2.97. The van der Waals surface area contributed by atoms with Crippen LogP contribution in [-0.2, 0) is 0 Å². The first-order chi connectivity index (χ1) is 15.2. The number of para-hydroxylation sites is 2. The number of hydrazone groups is 2. The zero-order valence-electron chi connectivity index (χ0n) is 20.0. The zero-order valence-corrected chi connectivity index (χ0v) is 22.0. The highest BCUT2D eigenvalue weighted by molar-refractivity contribution is 6.80. The fraction of sp³-hybridized carbons (Fsp3) is 0.231. The molecule has 32 heavy (non-hydrogen) atoms. The number of hydrogen-bond acceptors (Lipinski definition) is 4. The third-order valence-electron chi connectivity index (χ3n) is 4.89. The third-order valence-corrected chi connectivity index (χ3v) is 8.18. The van der Waals surface area contributed by atoms with Crippen molar-refractivity contribution in [3.8, 4) is 0 Å². The molecule has 0 N–H and O–H groups in total. The molecule has 3 aromatic carbocycles. The highest BCUT2D eigenvalue weighted by Gasteiger charge is 2.25. The lowest BCUT2D eigenvalue weighted by Crippen LogP contribution is -2.42. The van der Waals surface area contributed by atoms with Gasteiger partial charge in [-0.05, 0) is 63.5 Å². The zero-order chi connectivity index (χ0) is 23.2. The minimum atomic E-state index is -1.70. The summed E-state index contributed by atoms with van der Waals surface area (Å²) in [5.41, 5.74) is 4.36. The van der Waals surface area contributed by atoms with E-state index < -0.39 is 16.5 Å². The quantitative estimate of drug-likeness (QED) is 0.206. The van der Waals surface area contributed by atoms with Gasteiger partial charge in [0.05, 0.1) is 12.4 Å². The van der Waals surface area contributed by atoms with Gasteiger partial charge >= 0.3 is 0 Å². The van der Waals surface area contributed by atoms with E-state index in [1.54, 1.807) is 0 Å². The summed E-state index contributed by atoms with van der Waals surface area (Å²) in [5, 5.41) is 9.87. The Morgan fingerprint density at radius 1 is 0.500 bits per heavy atom. The molecule has 0 radical (unpaired) electrons. The van der Waals surface area contributed by atoms with Crippen LogP contribution >= 0.6 is 0 Å². The van der Waals surface area contributed by atoms with Gasteiger partial charge in [-0.2, -0.15) is 10.2 Å². The van der Waals surface area contributed by atoms with Crippen molar-refractivity contribution in [2.45, 2.75) is 39.3 Å². The van der Waals surface area contributed by atoms with Crippen LogP contribution in [0.15, 0.2) is 95.1 Å². The third kappa shape index (κ3) is 6.28. The van der Waals surface area contributed by atoms with Crippen molar-refractivity contribution in [2.75, 3.05) is 9.35 Å². The summed E-state index contributed by atoms with van der Waals surface area (Å²) in [6, 6.07) is 29.1. The molecule has 0 bridgehead atoms. The van der Waals surface area contributed by atoms with Gasteiger partial charge in [-0.1, -0.05) is 60.7 Å². The molecule has 0 saturated heterocycles. The molecule has 0 amide bonds. The monoisotopic (exact) mass is 458 g/mol. The molecular weight excluding hydrogens is 424 g/mol. The molecule has 166 valence electrons. The normalized spacial score (nSPS) is 12.4. The molecular formula is C26H34N4Si2. The minimum absolute atomic E-state index is 1.05. The number of anilines is 2. The van der Waals surface area contributed by atoms with Crippen LogP contribution in [0, 0.1) is 0 Å². The predicted octanol–water partition coefficient (Wildman–Crippen LogP) is 7.04. The topological polar surface area (TPSA) is 31.2 Å². The number of nitrogens with zero attached hydrogens (tertiary/aromatic N) is 4. The molecule has 0 atom stereocenters. The van der Waals surface area contributed by atoms with Crippen molar-refractivity contribution >= 4 is 40.3 Å². The summed E-state index contributed by atoms with van der Waals surface area (Å²) in [6.45, 7) is 13.8. The van der Waals surface area contributed by atoms with Crippen molar-refractivity contribution < 1.29 is 0 Å². The van der Waals surface area contributed by atoms with Crippen LogP contribution in [0.1, 0.15) is 11.1 Å². The summed E-state index contributed by atoms with van der Waals surface area (Å²) >= 11 is 0. The molecule has 0 heterocycles. The Bertz CT molecular complexity index is 966. The molecule has 0 fully saturated rings. The average Bonchev–Trinajstić information content (AvgIpc) is 2.74. The smallest absolute Gasteiger partial charge is 0.176 e. The summed E-state index contributed by atoms with van der Waals surface area (Å²) in [7, 11) is -3.41. The Morgan fingerprint density at radius 2 is 0.812 bits per heavy atom. The summed E-state index contributed by atoms with van der Waals surface area (Å²) in [4.78, 5) is 0. The maximum absolute atomic E-state index is 4.93. The molecule has 0 saturated carbocycles. The first-order valence-electron chi connectivity index (χ1n) is 11.0. The van der Waals surface area contributed by atoms with Gasteiger partial charge in [0.25, 0.3) is 0 Å². The first-order valence-corrected chi connectivity index (χ1v) is 17.9. The lowest BCUT2D eigenvalue weighted by Gasteiger charge is -2.31. The van der Waals surface area contributed by atoms with E-state index in [2.05, 4.69) is 109 Å². The molecule has 6 heteroatoms. The first kappa shape index (κ1) is 23.7. The lowest BCUT2D eigenvalue weighted by atomic mass is 10.1. The Labute approximate surface area is 195 Å². The van der Waals surface area contributed by atoms with Crippen molar-refractivity contribution in [1.29, 1.82) is 0 Å². The van der Waals surface area contributed by atoms with Gasteiger partial charge in [0.2, 0.25) is 0 Å². The predicted molar refractivity (Wildman–Crippen MR) is 146 cm³/mol. The van der Waals surface area contributed by atoms with E-state index in [9.17, 15) is 0 Å². The molecule has 0 aromatic heterocycles. The Kier molecular flexibility index (Phi) is 7.48. The van der Waals surface area contributed by atoms with Crippen LogP contribution in [-0.4, -0.2) is 28.9 Å². The number of hydrogen-bond donors (Lipinski definition) is 0. The van der Waals surface area contributed by atoms with Gasteiger partial charge in [-0.25, -0.2) is 0 Å². The van der Waals surface area contributed by atoms with E-state index in [-0.39, 0.29) is 0 Å². The van der Waals surface area contributed by atoms with Gasteiger partial charge < -0.3 is 0 Å². The standard InChI is InChI=1S/C26H34N4Si2/c1-31(2,3)29(25-17-9-7-10-18-25)27-21-23-15-13-14-16-24(23)22-28-30(32(4,5)6)26-19-11-8-12-20-26/h7-22H,1-6H3. The lowest BCUT2D eigenvalue weighted by molar-refractivity contribution is 1.12. The molecule has 0 aliphatic rings. The van der Waals surface area contributed by atoms with Gasteiger partial charge in [0.1, 0.15) is 0 Å². The fourth-order valence-electron chi connectivity index (χ4n) is 3.38. The second-order valence-electron chi connectivity index (χ2n) is 9.75. The maximum Gasteiger partial charge on any atom is 0.176 e. The summed E-state index contributed by atoms with van der Waals surface area (Å²) in [6.07, 6.45) is 3.93. The van der Waals surface area contributed by atoms with E-state index in [1.165, 1.54) is 0 Å². The molecule has 3 rings (SSSR count). The van der Waals surface area contributed by atoms with Crippen LogP contribution in [0.5, 0.6) is 0 Å². The van der Waals surface area contributed by atoms with Crippen molar-refractivity contribution in [3.63, 3.8) is 0 Å². The number of benzene rings is 3. The van der Waals surface area contributed by atoms with E-state index in [4.69, 9.17) is 10.2 Å². The van der Waals surface area contributed by atoms with E-state index in [0.717, 1.165) is 22.5 Å². The SMILES string of the molecule is C[Si](C)(C)N(N=Cc1ccccc1C=NN(c1ccccc1)[Si](C)(C)C)c1ccccc1. The molecule has 3 aromatic rings. The van der Waals surface area contributed by atoms with Crippen LogP contribution in [0.25, 0.3) is 0 Å². The fourth-order valence-corrected chi connectivity index (χ4v) is 6.03. The summed E-state index contributed by atoms with van der Waals surface area (Å²) in [5.74, 6) is 0. The Morgan fingerprint density at radius 3 is 1.12 bits per heavy atom. The van der Waals surface area contributed by atoms with Crippen molar-refractivity contribution in [1.82, 2.24) is 0 Å². The molecule has 0 spiro atoms.